The fourth-order valence-corrected chi connectivity index (χ4v) is 8.37. The highest BCUT2D eigenvalue weighted by Gasteiger charge is 2.28. The molecule has 0 aliphatic carbocycles. The van der Waals surface area contributed by atoms with E-state index in [-0.39, 0.29) is 19.1 Å². The van der Waals surface area contributed by atoms with Gasteiger partial charge in [-0.05, 0) is 12.8 Å². The minimum Gasteiger partial charge on any atom is -0.391 e. The van der Waals surface area contributed by atoms with Gasteiger partial charge < -0.3 is 19.8 Å². The second-order valence-electron chi connectivity index (χ2n) is 18.6. The van der Waals surface area contributed by atoms with Gasteiger partial charge in [0.2, 0.25) is 5.91 Å². The number of amides is 1. The molecule has 1 amide bonds. The van der Waals surface area contributed by atoms with Crippen molar-refractivity contribution in [2.24, 2.45) is 0 Å². The van der Waals surface area contributed by atoms with Gasteiger partial charge in [-0.3, -0.25) is 13.8 Å². The van der Waals surface area contributed by atoms with Gasteiger partial charge in [0.05, 0.1) is 39.9 Å². The molecule has 57 heavy (non-hydrogen) atoms. The van der Waals surface area contributed by atoms with Crippen LogP contribution in [0.3, 0.4) is 0 Å². The predicted octanol–water partition coefficient (Wildman–Crippen LogP) is 14.1. The largest absolute Gasteiger partial charge is 0.472 e. The van der Waals surface area contributed by atoms with E-state index in [0.717, 1.165) is 38.5 Å². The third-order valence-electron chi connectivity index (χ3n) is 11.6. The van der Waals surface area contributed by atoms with Crippen LogP contribution in [0.15, 0.2) is 0 Å². The predicted molar refractivity (Wildman–Crippen MR) is 245 cm³/mol. The Labute approximate surface area is 355 Å². The van der Waals surface area contributed by atoms with E-state index in [1.165, 1.54) is 186 Å². The fraction of sp³-hybridized carbons (Fsp3) is 0.979. The van der Waals surface area contributed by atoms with E-state index in [4.69, 9.17) is 9.05 Å². The van der Waals surface area contributed by atoms with E-state index in [2.05, 4.69) is 19.2 Å². The number of unbranched alkanes of at least 4 members (excludes halogenated alkanes) is 33. The van der Waals surface area contributed by atoms with E-state index < -0.39 is 20.0 Å². The van der Waals surface area contributed by atoms with Crippen molar-refractivity contribution in [2.75, 3.05) is 40.9 Å². The number of quaternary nitrogens is 1. The molecule has 3 atom stereocenters. The SMILES string of the molecule is CCCCCCCCCCCCCCCCCCCCC(=O)NC(COP(=O)(O)OCC[N+](C)(C)C)C(O)CCCCCCCCCCCCCCCCCCC. The zero-order valence-corrected chi connectivity index (χ0v) is 39.8. The molecular weight excluding hydrogens is 732 g/mol. The minimum absolute atomic E-state index is 0.0788. The third-order valence-corrected chi connectivity index (χ3v) is 12.6. The first-order valence-electron chi connectivity index (χ1n) is 24.9. The maximum atomic E-state index is 12.9. The molecule has 0 heterocycles. The molecule has 0 aliphatic rings. The van der Waals surface area contributed by atoms with Gasteiger partial charge in [-0.15, -0.1) is 0 Å². The number of nitrogens with one attached hydrogen (secondary N) is 1. The number of carbonyl (C=O) groups excluding carboxylic acids is 1. The number of aliphatic hydroxyl groups excluding tert-OH is 1. The molecule has 0 spiro atoms. The molecule has 0 radical (unpaired) electrons. The molecular formula is C48H100N2O6P+. The van der Waals surface area contributed by atoms with Gasteiger partial charge in [0.15, 0.2) is 0 Å². The number of phosphoric acid groups is 1. The minimum atomic E-state index is -4.31. The molecule has 3 unspecified atom stereocenters. The number of aliphatic hydroxyl groups is 1. The quantitative estimate of drug-likeness (QED) is 0.0321. The van der Waals surface area contributed by atoms with E-state index in [1.807, 2.05) is 21.1 Å². The highest BCUT2D eigenvalue weighted by atomic mass is 31.2. The van der Waals surface area contributed by atoms with Gasteiger partial charge >= 0.3 is 7.82 Å². The molecule has 0 aliphatic heterocycles. The molecule has 0 rings (SSSR count). The van der Waals surface area contributed by atoms with Crippen molar-refractivity contribution in [3.63, 3.8) is 0 Å². The molecule has 0 aromatic rings. The van der Waals surface area contributed by atoms with Crippen LogP contribution in [0.1, 0.15) is 251 Å². The number of phosphoric ester groups is 1. The second kappa shape index (κ2) is 40.9. The molecule has 9 heteroatoms. The smallest absolute Gasteiger partial charge is 0.391 e. The van der Waals surface area contributed by atoms with Crippen molar-refractivity contribution in [1.29, 1.82) is 0 Å². The van der Waals surface area contributed by atoms with Crippen molar-refractivity contribution >= 4 is 13.7 Å². The summed E-state index contributed by atoms with van der Waals surface area (Å²) in [5.41, 5.74) is 0. The van der Waals surface area contributed by atoms with Crippen LogP contribution in [0.4, 0.5) is 0 Å². The average molecular weight is 832 g/mol. The van der Waals surface area contributed by atoms with E-state index in [0.29, 0.717) is 23.9 Å². The maximum Gasteiger partial charge on any atom is 0.472 e. The Morgan fingerprint density at radius 3 is 1.18 bits per heavy atom. The van der Waals surface area contributed by atoms with Crippen molar-refractivity contribution < 1.29 is 32.9 Å². The molecule has 0 aromatic heterocycles. The molecule has 0 saturated heterocycles. The Kier molecular flexibility index (Phi) is 40.5. The van der Waals surface area contributed by atoms with Crippen LogP contribution in [0.2, 0.25) is 0 Å². The molecule has 0 fully saturated rings. The van der Waals surface area contributed by atoms with Gasteiger partial charge in [0, 0.05) is 6.42 Å². The highest BCUT2D eigenvalue weighted by molar-refractivity contribution is 7.47. The molecule has 8 nitrogen and oxygen atoms in total. The van der Waals surface area contributed by atoms with Gasteiger partial charge in [-0.1, -0.05) is 232 Å². The molecule has 0 saturated carbocycles. The van der Waals surface area contributed by atoms with Crippen molar-refractivity contribution in [3.8, 4) is 0 Å². The number of hydrogen-bond donors (Lipinski definition) is 3. The first-order chi connectivity index (χ1) is 27.5. The number of carbonyl (C=O) groups is 1. The van der Waals surface area contributed by atoms with Gasteiger partial charge in [0.25, 0.3) is 0 Å². The van der Waals surface area contributed by atoms with Gasteiger partial charge in [-0.25, -0.2) is 4.57 Å². The Morgan fingerprint density at radius 2 is 0.842 bits per heavy atom. The van der Waals surface area contributed by atoms with Crippen LogP contribution in [-0.2, 0) is 18.4 Å². The Morgan fingerprint density at radius 1 is 0.526 bits per heavy atom. The second-order valence-corrected chi connectivity index (χ2v) is 20.0. The maximum absolute atomic E-state index is 12.9. The van der Waals surface area contributed by atoms with Crippen LogP contribution in [0.5, 0.6) is 0 Å². The summed E-state index contributed by atoms with van der Waals surface area (Å²) in [5, 5.41) is 14.0. The summed E-state index contributed by atoms with van der Waals surface area (Å²) in [4.78, 5) is 23.2. The number of hydrogen-bond acceptors (Lipinski definition) is 5. The Hall–Kier alpha value is -0.500. The van der Waals surface area contributed by atoms with Crippen molar-refractivity contribution in [1.82, 2.24) is 5.32 Å². The Balaban J connectivity index is 4.25. The molecule has 0 aromatic carbocycles. The summed E-state index contributed by atoms with van der Waals surface area (Å²) in [7, 11) is 1.63. The topological polar surface area (TPSA) is 105 Å². The van der Waals surface area contributed by atoms with Gasteiger partial charge in [0.1, 0.15) is 13.2 Å². The van der Waals surface area contributed by atoms with Crippen LogP contribution >= 0.6 is 7.82 Å². The fourth-order valence-electron chi connectivity index (χ4n) is 7.64. The zero-order valence-electron chi connectivity index (χ0n) is 38.9. The summed E-state index contributed by atoms with van der Waals surface area (Å²) in [6.07, 6.45) is 45.6. The standard InChI is InChI=1S/C48H99N2O6P/c1-6-8-10-12-14-16-18-20-22-24-26-28-30-32-34-36-38-40-42-48(52)49-46(45-56-57(53,54)55-44-43-50(3,4)5)47(51)41-39-37-35-33-31-29-27-25-23-21-19-17-15-13-11-9-7-2/h46-47,51H,6-45H2,1-5H3,(H-,49,52,53,54)/p+1. The first-order valence-corrected chi connectivity index (χ1v) is 26.4. The normalized spacial score (nSPS) is 14.2. The van der Waals surface area contributed by atoms with E-state index in [9.17, 15) is 19.4 Å². The van der Waals surface area contributed by atoms with Crippen molar-refractivity contribution in [2.45, 2.75) is 264 Å². The van der Waals surface area contributed by atoms with Gasteiger partial charge in [-0.2, -0.15) is 0 Å². The van der Waals surface area contributed by atoms with E-state index in [1.54, 1.807) is 0 Å². The van der Waals surface area contributed by atoms with Crippen molar-refractivity contribution in [3.05, 3.63) is 0 Å². The highest BCUT2D eigenvalue weighted by Crippen LogP contribution is 2.43. The molecule has 342 valence electrons. The average Bonchev–Trinajstić information content (AvgIpc) is 3.16. The third kappa shape index (κ3) is 43.4. The monoisotopic (exact) mass is 832 g/mol. The van der Waals surface area contributed by atoms with Crippen LogP contribution in [0.25, 0.3) is 0 Å². The van der Waals surface area contributed by atoms with E-state index >= 15 is 0 Å². The van der Waals surface area contributed by atoms with Crippen LogP contribution in [-0.4, -0.2) is 73.4 Å². The summed E-state index contributed by atoms with van der Waals surface area (Å²) in [5.74, 6) is -0.139. The summed E-state index contributed by atoms with van der Waals surface area (Å²) in [6.45, 7) is 4.93. The zero-order chi connectivity index (χ0) is 42.1. The number of likely N-dealkylation sites (N-methyl/N-ethyl adjacent to an activating group) is 1. The lowest BCUT2D eigenvalue weighted by Crippen LogP contribution is -2.46. The Bertz CT molecular complexity index is 901. The van der Waals surface area contributed by atoms with Crippen LogP contribution in [0, 0.1) is 0 Å². The summed E-state index contributed by atoms with van der Waals surface area (Å²) in [6, 6.07) is -0.753. The molecule has 0 bridgehead atoms. The molecule has 3 N–H and O–H groups in total. The lowest BCUT2D eigenvalue weighted by Gasteiger charge is -2.26. The first kappa shape index (κ1) is 56.5. The van der Waals surface area contributed by atoms with Crippen LogP contribution < -0.4 is 5.32 Å². The number of nitrogens with zero attached hydrogens (tertiary/aromatic N) is 1. The lowest BCUT2D eigenvalue weighted by atomic mass is 10.0. The number of rotatable bonds is 46. The summed E-state index contributed by atoms with van der Waals surface area (Å²) < 4.78 is 23.7. The summed E-state index contributed by atoms with van der Waals surface area (Å²) >= 11 is 0. The lowest BCUT2D eigenvalue weighted by molar-refractivity contribution is -0.870.